The number of hydrogen-bond donors (Lipinski definition) is 0. The van der Waals surface area contributed by atoms with Crippen LogP contribution in [0, 0.1) is 23.7 Å². The Balaban J connectivity index is 1.98. The summed E-state index contributed by atoms with van der Waals surface area (Å²) >= 11 is 0. The smallest absolute Gasteiger partial charge is 0.0383 e. The van der Waals surface area contributed by atoms with E-state index in [9.17, 15) is 0 Å². The Labute approximate surface area is 76.7 Å². The van der Waals surface area contributed by atoms with Crippen molar-refractivity contribution in [2.24, 2.45) is 23.7 Å². The quantitative estimate of drug-likeness (QED) is 0.512. The largest absolute Gasteiger partial charge is 0.0622 e. The first-order valence-corrected chi connectivity index (χ1v) is 5.77. The van der Waals surface area contributed by atoms with Gasteiger partial charge in [-0.3, -0.25) is 0 Å². The Morgan fingerprint density at radius 3 is 1.58 bits per heavy atom. The van der Waals surface area contributed by atoms with Crippen LogP contribution in [0.3, 0.4) is 0 Å². The molecule has 2 aliphatic rings. The van der Waals surface area contributed by atoms with Crippen molar-refractivity contribution in [2.75, 3.05) is 0 Å². The Morgan fingerprint density at radius 1 is 0.750 bits per heavy atom. The van der Waals surface area contributed by atoms with Crippen LogP contribution in [0.5, 0.6) is 0 Å². The lowest BCUT2D eigenvalue weighted by molar-refractivity contribution is 0.0942. The Hall–Kier alpha value is 0. The van der Waals surface area contributed by atoms with Crippen molar-refractivity contribution in [3.63, 3.8) is 0 Å². The minimum atomic E-state index is 1.00. The Morgan fingerprint density at radius 2 is 1.17 bits per heavy atom. The fourth-order valence-corrected chi connectivity index (χ4v) is 3.32. The third-order valence-corrected chi connectivity index (χ3v) is 4.39. The van der Waals surface area contributed by atoms with Gasteiger partial charge < -0.3 is 0 Å². The fourth-order valence-electron chi connectivity index (χ4n) is 3.32. The molecular weight excluding hydrogens is 144 g/mol. The molecule has 0 spiro atoms. The molecule has 0 aromatic carbocycles. The van der Waals surface area contributed by atoms with Crippen molar-refractivity contribution in [2.45, 2.75) is 52.4 Å². The molecule has 0 heterocycles. The maximum atomic E-state index is 2.45. The summed E-state index contributed by atoms with van der Waals surface area (Å²) in [6.07, 6.45) is 9.19. The van der Waals surface area contributed by atoms with E-state index in [0.717, 1.165) is 23.7 Å². The summed E-state index contributed by atoms with van der Waals surface area (Å²) in [6.45, 7) is 4.91. The predicted octanol–water partition coefficient (Wildman–Crippen LogP) is 3.86. The van der Waals surface area contributed by atoms with E-state index in [-0.39, 0.29) is 0 Å². The van der Waals surface area contributed by atoms with Crippen molar-refractivity contribution < 1.29 is 0 Å². The molecule has 0 saturated heterocycles. The molecule has 12 heavy (non-hydrogen) atoms. The molecule has 0 aromatic rings. The molecule has 0 amide bonds. The SMILES string of the molecule is C[C@@H]1CC2CCCCC2C[C@@H]1C. The molecule has 0 aliphatic heterocycles. The first-order valence-electron chi connectivity index (χ1n) is 5.77. The van der Waals surface area contributed by atoms with Gasteiger partial charge in [-0.25, -0.2) is 0 Å². The second-order valence-electron chi connectivity index (χ2n) is 5.23. The van der Waals surface area contributed by atoms with Gasteiger partial charge in [0.05, 0.1) is 0 Å². The number of hydrogen-bond acceptors (Lipinski definition) is 0. The predicted molar refractivity (Wildman–Crippen MR) is 53.0 cm³/mol. The molecule has 0 N–H and O–H groups in total. The summed E-state index contributed by atoms with van der Waals surface area (Å²) in [5, 5.41) is 0. The van der Waals surface area contributed by atoms with Crippen LogP contribution in [0.25, 0.3) is 0 Å². The molecular formula is C12H22. The topological polar surface area (TPSA) is 0 Å². The number of fused-ring (bicyclic) bond motifs is 1. The molecule has 4 atom stereocenters. The summed E-state index contributed by atoms with van der Waals surface area (Å²) in [6, 6.07) is 0. The van der Waals surface area contributed by atoms with Crippen LogP contribution in [-0.2, 0) is 0 Å². The second-order valence-corrected chi connectivity index (χ2v) is 5.23. The molecule has 0 radical (unpaired) electrons. The minimum absolute atomic E-state index is 1.00. The fraction of sp³-hybridized carbons (Fsp3) is 1.00. The molecule has 2 unspecified atom stereocenters. The van der Waals surface area contributed by atoms with Crippen molar-refractivity contribution in [1.29, 1.82) is 0 Å². The van der Waals surface area contributed by atoms with Crippen LogP contribution >= 0.6 is 0 Å². The summed E-state index contributed by atoms with van der Waals surface area (Å²) in [5.41, 5.74) is 0. The summed E-state index contributed by atoms with van der Waals surface area (Å²) in [7, 11) is 0. The summed E-state index contributed by atoms with van der Waals surface area (Å²) in [4.78, 5) is 0. The number of rotatable bonds is 0. The first kappa shape index (κ1) is 8.59. The van der Waals surface area contributed by atoms with E-state index in [1.165, 1.54) is 25.7 Å². The lowest BCUT2D eigenvalue weighted by Crippen LogP contribution is -2.31. The van der Waals surface area contributed by atoms with Crippen molar-refractivity contribution in [1.82, 2.24) is 0 Å². The Bertz CT molecular complexity index is 132. The van der Waals surface area contributed by atoms with Gasteiger partial charge >= 0.3 is 0 Å². The van der Waals surface area contributed by atoms with Crippen LogP contribution in [-0.4, -0.2) is 0 Å². The summed E-state index contributed by atoms with van der Waals surface area (Å²) < 4.78 is 0. The maximum Gasteiger partial charge on any atom is -0.0383 e. The zero-order valence-electron chi connectivity index (χ0n) is 8.55. The highest BCUT2D eigenvalue weighted by molar-refractivity contribution is 4.84. The van der Waals surface area contributed by atoms with Gasteiger partial charge in [0.1, 0.15) is 0 Å². The van der Waals surface area contributed by atoms with E-state index >= 15 is 0 Å². The van der Waals surface area contributed by atoms with Crippen molar-refractivity contribution in [3.05, 3.63) is 0 Å². The van der Waals surface area contributed by atoms with Gasteiger partial charge in [0, 0.05) is 0 Å². The third-order valence-electron chi connectivity index (χ3n) is 4.39. The molecule has 2 fully saturated rings. The zero-order chi connectivity index (χ0) is 8.55. The van der Waals surface area contributed by atoms with E-state index < -0.39 is 0 Å². The monoisotopic (exact) mass is 166 g/mol. The van der Waals surface area contributed by atoms with Crippen LogP contribution in [0.1, 0.15) is 52.4 Å². The van der Waals surface area contributed by atoms with Gasteiger partial charge in [0.25, 0.3) is 0 Å². The van der Waals surface area contributed by atoms with E-state index in [4.69, 9.17) is 0 Å². The highest BCUT2D eigenvalue weighted by Gasteiger charge is 2.33. The van der Waals surface area contributed by atoms with Gasteiger partial charge in [-0.1, -0.05) is 39.5 Å². The standard InChI is InChI=1S/C12H22/c1-9-7-11-5-3-4-6-12(11)8-10(9)2/h9-12H,3-8H2,1-2H3/t9-,10+,11?,12?. The van der Waals surface area contributed by atoms with Crippen molar-refractivity contribution >= 4 is 0 Å². The molecule has 2 rings (SSSR count). The summed E-state index contributed by atoms with van der Waals surface area (Å²) in [5.74, 6) is 4.24. The molecule has 2 saturated carbocycles. The molecule has 0 heteroatoms. The van der Waals surface area contributed by atoms with Gasteiger partial charge in [-0.2, -0.15) is 0 Å². The first-order chi connectivity index (χ1) is 5.77. The molecule has 0 nitrogen and oxygen atoms in total. The average Bonchev–Trinajstić information content (AvgIpc) is 2.07. The molecule has 0 bridgehead atoms. The molecule has 0 aromatic heterocycles. The highest BCUT2D eigenvalue weighted by Crippen LogP contribution is 2.44. The Kier molecular flexibility index (Phi) is 2.43. The molecule has 2 aliphatic carbocycles. The van der Waals surface area contributed by atoms with E-state index in [2.05, 4.69) is 13.8 Å². The van der Waals surface area contributed by atoms with Crippen LogP contribution in [0.2, 0.25) is 0 Å². The maximum absolute atomic E-state index is 2.45. The lowest BCUT2D eigenvalue weighted by atomic mass is 9.64. The van der Waals surface area contributed by atoms with Gasteiger partial charge in [-0.15, -0.1) is 0 Å². The zero-order valence-corrected chi connectivity index (χ0v) is 8.55. The lowest BCUT2D eigenvalue weighted by Gasteiger charge is -2.41. The van der Waals surface area contributed by atoms with Crippen LogP contribution in [0.15, 0.2) is 0 Å². The highest BCUT2D eigenvalue weighted by atomic mass is 14.4. The van der Waals surface area contributed by atoms with Gasteiger partial charge in [0.2, 0.25) is 0 Å². The van der Waals surface area contributed by atoms with Gasteiger partial charge in [0.15, 0.2) is 0 Å². The van der Waals surface area contributed by atoms with Gasteiger partial charge in [-0.05, 0) is 36.5 Å². The van der Waals surface area contributed by atoms with E-state index in [1.807, 2.05) is 0 Å². The minimum Gasteiger partial charge on any atom is -0.0622 e. The van der Waals surface area contributed by atoms with Crippen molar-refractivity contribution in [3.8, 4) is 0 Å². The normalized spacial score (nSPS) is 48.5. The van der Waals surface area contributed by atoms with Crippen LogP contribution in [0.4, 0.5) is 0 Å². The van der Waals surface area contributed by atoms with E-state index in [1.54, 1.807) is 12.8 Å². The van der Waals surface area contributed by atoms with Crippen LogP contribution < -0.4 is 0 Å². The average molecular weight is 166 g/mol. The van der Waals surface area contributed by atoms with E-state index in [0.29, 0.717) is 0 Å². The second kappa shape index (κ2) is 3.40. The molecule has 70 valence electrons. The third kappa shape index (κ3) is 1.53.